The molecule has 0 aromatic heterocycles. The molecule has 0 saturated heterocycles. The molecule has 120 valence electrons. The first-order valence-electron chi connectivity index (χ1n) is 7.53. The van der Waals surface area contributed by atoms with E-state index >= 15 is 0 Å². The fourth-order valence-electron chi connectivity index (χ4n) is 4.15. The highest BCUT2D eigenvalue weighted by molar-refractivity contribution is 8.10. The van der Waals surface area contributed by atoms with Crippen molar-refractivity contribution in [3.8, 4) is 0 Å². The van der Waals surface area contributed by atoms with Crippen LogP contribution < -0.4 is 0 Å². The third-order valence-corrected chi connectivity index (χ3v) is 8.63. The lowest BCUT2D eigenvalue weighted by molar-refractivity contribution is -0.132. The number of aliphatic carboxylic acids is 2. The maximum absolute atomic E-state index is 11.5. The summed E-state index contributed by atoms with van der Waals surface area (Å²) in [6.07, 6.45) is 6.57. The molecule has 4 aliphatic rings. The van der Waals surface area contributed by atoms with E-state index in [-0.39, 0.29) is 0 Å². The van der Waals surface area contributed by atoms with E-state index in [0.29, 0.717) is 9.81 Å². The minimum Gasteiger partial charge on any atom is -0.477 e. The maximum Gasteiger partial charge on any atom is 0.342 e. The third kappa shape index (κ3) is 1.76. The Morgan fingerprint density at radius 1 is 0.913 bits per heavy atom. The fourth-order valence-corrected chi connectivity index (χ4v) is 7.01. The summed E-state index contributed by atoms with van der Waals surface area (Å²) in [6.45, 7) is 4.13. The summed E-state index contributed by atoms with van der Waals surface area (Å²) < 4.78 is -0.894. The van der Waals surface area contributed by atoms with Crippen molar-refractivity contribution < 1.29 is 19.8 Å². The zero-order valence-corrected chi connectivity index (χ0v) is 14.4. The van der Waals surface area contributed by atoms with Crippen LogP contribution in [0.4, 0.5) is 0 Å². The smallest absolute Gasteiger partial charge is 0.342 e. The molecule has 0 amide bonds. The van der Waals surface area contributed by atoms with Crippen LogP contribution in [0.5, 0.6) is 0 Å². The van der Waals surface area contributed by atoms with Crippen molar-refractivity contribution in [2.45, 2.75) is 42.6 Å². The van der Waals surface area contributed by atoms with E-state index < -0.39 is 21.4 Å². The molecule has 0 unspecified atom stereocenters. The quantitative estimate of drug-likeness (QED) is 0.792. The molecule has 2 atom stereocenters. The van der Waals surface area contributed by atoms with Gasteiger partial charge in [0.1, 0.15) is 0 Å². The minimum absolute atomic E-state index is 0.355. The number of thioether (sulfide) groups is 2. The van der Waals surface area contributed by atoms with Gasteiger partial charge in [-0.15, -0.1) is 23.5 Å². The van der Waals surface area contributed by atoms with Crippen LogP contribution in [0.1, 0.15) is 33.1 Å². The Bertz CT molecular complexity index is 735. The summed E-state index contributed by atoms with van der Waals surface area (Å²) in [4.78, 5) is 23.7. The summed E-state index contributed by atoms with van der Waals surface area (Å²) in [7, 11) is 0. The Morgan fingerprint density at radius 3 is 1.65 bits per heavy atom. The molecule has 23 heavy (non-hydrogen) atoms. The molecule has 2 aliphatic heterocycles. The topological polar surface area (TPSA) is 74.6 Å². The van der Waals surface area contributed by atoms with Gasteiger partial charge in [0.05, 0.1) is 19.3 Å². The van der Waals surface area contributed by atoms with Crippen molar-refractivity contribution in [3.05, 3.63) is 44.3 Å². The number of fused-ring (bicyclic) bond motifs is 4. The van der Waals surface area contributed by atoms with E-state index in [1.54, 1.807) is 0 Å². The summed E-state index contributed by atoms with van der Waals surface area (Å²) in [5, 5.41) is 18.9. The van der Waals surface area contributed by atoms with Crippen molar-refractivity contribution in [3.63, 3.8) is 0 Å². The lowest BCUT2D eigenvalue weighted by Crippen LogP contribution is -2.47. The number of allylic oxidation sites excluding steroid dienone is 4. The number of hydrogen-bond donors (Lipinski definition) is 2. The van der Waals surface area contributed by atoms with Gasteiger partial charge in [0, 0.05) is 0 Å². The van der Waals surface area contributed by atoms with Crippen molar-refractivity contribution in [1.29, 1.82) is 0 Å². The molecule has 0 aromatic carbocycles. The molecule has 4 nitrogen and oxygen atoms in total. The van der Waals surface area contributed by atoms with E-state index in [4.69, 9.17) is 0 Å². The predicted octanol–water partition coefficient (Wildman–Crippen LogP) is 3.73. The van der Waals surface area contributed by atoms with Crippen LogP contribution in [-0.2, 0) is 9.59 Å². The number of carboxylic acid groups (broad SMARTS) is 2. The van der Waals surface area contributed by atoms with Crippen molar-refractivity contribution in [2.24, 2.45) is 0 Å². The number of rotatable bonds is 2. The lowest BCUT2D eigenvalue weighted by Gasteiger charge is -2.46. The average molecular weight is 348 g/mol. The van der Waals surface area contributed by atoms with E-state index in [9.17, 15) is 19.8 Å². The van der Waals surface area contributed by atoms with Crippen LogP contribution in [0.2, 0.25) is 0 Å². The Hall–Kier alpha value is -1.40. The van der Waals surface area contributed by atoms with Gasteiger partial charge in [-0.1, -0.05) is 0 Å². The molecule has 0 spiro atoms. The second-order valence-electron chi connectivity index (χ2n) is 6.54. The number of carboxylic acids is 2. The van der Waals surface area contributed by atoms with Crippen LogP contribution in [0, 0.1) is 0 Å². The first-order valence-corrected chi connectivity index (χ1v) is 9.17. The van der Waals surface area contributed by atoms with E-state index in [2.05, 4.69) is 13.8 Å². The first-order chi connectivity index (χ1) is 10.8. The Morgan fingerprint density at radius 2 is 1.30 bits per heavy atom. The van der Waals surface area contributed by atoms with Crippen molar-refractivity contribution >= 4 is 35.5 Å². The third-order valence-electron chi connectivity index (χ3n) is 5.41. The fraction of sp³-hybridized carbons (Fsp3) is 0.412. The highest BCUT2D eigenvalue weighted by Crippen LogP contribution is 2.68. The predicted molar refractivity (Wildman–Crippen MR) is 91.3 cm³/mol. The molecule has 6 heteroatoms. The SMILES string of the molecule is C[C@@]12SC(C(=O)O)=CC1=C1CCCC1=C1C=C(C(=O)O)S[C@]12C. The molecular weight excluding hydrogens is 332 g/mol. The monoisotopic (exact) mass is 348 g/mol. The van der Waals surface area contributed by atoms with Gasteiger partial charge in [-0.3, -0.25) is 0 Å². The van der Waals surface area contributed by atoms with Gasteiger partial charge < -0.3 is 10.2 Å². The Labute approximate surface area is 142 Å². The second kappa shape index (κ2) is 4.57. The van der Waals surface area contributed by atoms with E-state index in [1.165, 1.54) is 34.7 Å². The van der Waals surface area contributed by atoms with Gasteiger partial charge in [-0.2, -0.15) is 0 Å². The van der Waals surface area contributed by atoms with Crippen molar-refractivity contribution in [1.82, 2.24) is 0 Å². The summed E-state index contributed by atoms with van der Waals surface area (Å²) in [5.74, 6) is -1.81. The normalized spacial score (nSPS) is 34.9. The molecule has 4 rings (SSSR count). The van der Waals surface area contributed by atoms with E-state index in [1.807, 2.05) is 12.2 Å². The minimum atomic E-state index is -0.905. The molecule has 2 heterocycles. The van der Waals surface area contributed by atoms with Crippen LogP contribution in [0.3, 0.4) is 0 Å². The largest absolute Gasteiger partial charge is 0.477 e. The Balaban J connectivity index is 1.97. The molecule has 0 bridgehead atoms. The van der Waals surface area contributed by atoms with Crippen LogP contribution in [0.25, 0.3) is 0 Å². The lowest BCUT2D eigenvalue weighted by atomic mass is 9.72. The van der Waals surface area contributed by atoms with Crippen LogP contribution in [0.15, 0.2) is 44.3 Å². The number of carbonyl (C=O) groups is 2. The number of hydrogen-bond acceptors (Lipinski definition) is 4. The van der Waals surface area contributed by atoms with Gasteiger partial charge in [0.2, 0.25) is 0 Å². The van der Waals surface area contributed by atoms with Gasteiger partial charge in [0.25, 0.3) is 0 Å². The molecule has 2 aliphatic carbocycles. The highest BCUT2D eigenvalue weighted by Gasteiger charge is 2.60. The van der Waals surface area contributed by atoms with Gasteiger partial charge in [0.15, 0.2) is 0 Å². The standard InChI is InChI=1S/C17H16O4S2/c1-16-10(6-12(22-16)14(18)19)8-4-3-5-9(8)11-7-13(15(20)21)23-17(11,16)2/h6-7H,3-5H2,1-2H3,(H,18,19)(H,20,21)/t16-,17-/m1/s1. The maximum atomic E-state index is 11.5. The summed E-state index contributed by atoms with van der Waals surface area (Å²) in [6, 6.07) is 0. The molecule has 0 radical (unpaired) electrons. The molecule has 2 N–H and O–H groups in total. The van der Waals surface area contributed by atoms with Crippen molar-refractivity contribution in [2.75, 3.05) is 0 Å². The zero-order chi connectivity index (χ0) is 16.6. The molecule has 1 fully saturated rings. The molecular formula is C17H16O4S2. The molecule has 0 aromatic rings. The van der Waals surface area contributed by atoms with Gasteiger partial charge >= 0.3 is 11.9 Å². The van der Waals surface area contributed by atoms with Crippen LogP contribution >= 0.6 is 23.5 Å². The zero-order valence-electron chi connectivity index (χ0n) is 12.8. The van der Waals surface area contributed by atoms with Gasteiger partial charge in [-0.25, -0.2) is 9.59 Å². The highest BCUT2D eigenvalue weighted by atomic mass is 32.2. The second-order valence-corrected chi connectivity index (χ2v) is 9.46. The summed E-state index contributed by atoms with van der Waals surface area (Å²) in [5.41, 5.74) is 4.66. The first kappa shape index (κ1) is 15.1. The van der Waals surface area contributed by atoms with Crippen LogP contribution in [-0.4, -0.2) is 31.6 Å². The van der Waals surface area contributed by atoms with E-state index in [0.717, 1.165) is 30.4 Å². The summed E-state index contributed by atoms with van der Waals surface area (Å²) >= 11 is 2.73. The van der Waals surface area contributed by atoms with Gasteiger partial charge in [-0.05, 0) is 67.6 Å². The average Bonchev–Trinajstić information content (AvgIpc) is 3.13. The Kier molecular flexibility index (Phi) is 3.01. The molecule has 1 saturated carbocycles.